The average Bonchev–Trinajstić information content (AvgIpc) is 2.72. The molecule has 0 bridgehead atoms. The predicted octanol–water partition coefficient (Wildman–Crippen LogP) is 3.13. The van der Waals surface area contributed by atoms with E-state index in [9.17, 15) is 5.11 Å². The van der Waals surface area contributed by atoms with Crippen molar-refractivity contribution < 1.29 is 9.84 Å². The van der Waals surface area contributed by atoms with E-state index in [1.807, 2.05) is 0 Å². The van der Waals surface area contributed by atoms with Gasteiger partial charge in [0.15, 0.2) is 0 Å². The number of rotatable bonds is 3. The van der Waals surface area contributed by atoms with Gasteiger partial charge in [0.05, 0.1) is 12.2 Å². The van der Waals surface area contributed by atoms with Crippen LogP contribution in [0.15, 0.2) is 0 Å². The lowest BCUT2D eigenvalue weighted by Crippen LogP contribution is -2.40. The highest BCUT2D eigenvalue weighted by atomic mass is 16.5. The molecule has 2 rings (SSSR count). The van der Waals surface area contributed by atoms with Crippen LogP contribution in [0.1, 0.15) is 58.8 Å². The maximum absolute atomic E-state index is 9.95. The molecule has 0 saturated heterocycles. The zero-order valence-corrected chi connectivity index (χ0v) is 10.7. The summed E-state index contributed by atoms with van der Waals surface area (Å²) in [5.74, 6) is 0.761. The summed E-state index contributed by atoms with van der Waals surface area (Å²) in [7, 11) is 0. The first-order chi connectivity index (χ1) is 7.57. The van der Waals surface area contributed by atoms with Crippen LogP contribution in [0, 0.1) is 11.3 Å². The van der Waals surface area contributed by atoms with Gasteiger partial charge in [0.25, 0.3) is 0 Å². The van der Waals surface area contributed by atoms with Crippen LogP contribution in [-0.4, -0.2) is 23.9 Å². The minimum atomic E-state index is -0.227. The molecule has 2 aliphatic rings. The van der Waals surface area contributed by atoms with Gasteiger partial charge in [-0.05, 0) is 43.4 Å². The van der Waals surface area contributed by atoms with Crippen molar-refractivity contribution in [3.63, 3.8) is 0 Å². The van der Waals surface area contributed by atoms with Gasteiger partial charge in [-0.2, -0.15) is 0 Å². The van der Waals surface area contributed by atoms with Crippen LogP contribution in [0.5, 0.6) is 0 Å². The number of aliphatic hydroxyl groups excluding tert-OH is 1. The largest absolute Gasteiger partial charge is 0.390 e. The van der Waals surface area contributed by atoms with Gasteiger partial charge in [0, 0.05) is 6.61 Å². The number of aliphatic hydroxyl groups is 1. The third-order valence-corrected chi connectivity index (χ3v) is 4.32. The molecule has 0 heterocycles. The third-order valence-electron chi connectivity index (χ3n) is 4.32. The molecule has 94 valence electrons. The van der Waals surface area contributed by atoms with Crippen molar-refractivity contribution >= 4 is 0 Å². The van der Waals surface area contributed by atoms with E-state index in [0.717, 1.165) is 31.8 Å². The van der Waals surface area contributed by atoms with E-state index in [-0.39, 0.29) is 12.2 Å². The standard InChI is InChI=1S/C14H26O2/c1-14(2)8-7-12(15)13(9-14)16-10-11-5-3-4-6-11/h11-13,15H,3-10H2,1-2H3. The molecule has 2 nitrogen and oxygen atoms in total. The smallest absolute Gasteiger partial charge is 0.0839 e. The van der Waals surface area contributed by atoms with Gasteiger partial charge in [-0.15, -0.1) is 0 Å². The fourth-order valence-electron chi connectivity index (χ4n) is 3.11. The van der Waals surface area contributed by atoms with E-state index in [0.29, 0.717) is 5.41 Å². The van der Waals surface area contributed by atoms with Crippen molar-refractivity contribution in [2.75, 3.05) is 6.61 Å². The van der Waals surface area contributed by atoms with Crippen molar-refractivity contribution in [3.05, 3.63) is 0 Å². The van der Waals surface area contributed by atoms with Crippen molar-refractivity contribution in [1.29, 1.82) is 0 Å². The summed E-state index contributed by atoms with van der Waals surface area (Å²) >= 11 is 0. The predicted molar refractivity (Wildman–Crippen MR) is 65.3 cm³/mol. The first-order valence-corrected chi connectivity index (χ1v) is 6.86. The van der Waals surface area contributed by atoms with Gasteiger partial charge >= 0.3 is 0 Å². The molecule has 0 radical (unpaired) electrons. The Kier molecular flexibility index (Phi) is 3.91. The molecule has 0 aliphatic heterocycles. The van der Waals surface area contributed by atoms with Gasteiger partial charge in [0.1, 0.15) is 0 Å². The molecule has 16 heavy (non-hydrogen) atoms. The molecule has 0 amide bonds. The van der Waals surface area contributed by atoms with E-state index < -0.39 is 0 Å². The topological polar surface area (TPSA) is 29.5 Å². The Hall–Kier alpha value is -0.0800. The van der Waals surface area contributed by atoms with Crippen molar-refractivity contribution in [2.24, 2.45) is 11.3 Å². The highest BCUT2D eigenvalue weighted by molar-refractivity contribution is 4.85. The second-order valence-electron chi connectivity index (χ2n) is 6.50. The maximum atomic E-state index is 9.95. The Labute approximate surface area is 99.4 Å². The number of hydrogen-bond acceptors (Lipinski definition) is 2. The molecule has 0 spiro atoms. The Morgan fingerprint density at radius 2 is 1.88 bits per heavy atom. The van der Waals surface area contributed by atoms with Crippen LogP contribution in [0.2, 0.25) is 0 Å². The minimum Gasteiger partial charge on any atom is -0.390 e. The summed E-state index contributed by atoms with van der Waals surface area (Å²) in [6, 6.07) is 0. The quantitative estimate of drug-likeness (QED) is 0.801. The van der Waals surface area contributed by atoms with Crippen LogP contribution in [-0.2, 0) is 4.74 Å². The van der Waals surface area contributed by atoms with E-state index in [1.165, 1.54) is 25.7 Å². The molecule has 2 aliphatic carbocycles. The zero-order chi connectivity index (χ0) is 11.6. The highest BCUT2D eigenvalue weighted by Crippen LogP contribution is 2.37. The van der Waals surface area contributed by atoms with Gasteiger partial charge in [-0.25, -0.2) is 0 Å². The lowest BCUT2D eigenvalue weighted by Gasteiger charge is -2.38. The van der Waals surface area contributed by atoms with Crippen LogP contribution in [0.4, 0.5) is 0 Å². The van der Waals surface area contributed by atoms with Crippen molar-refractivity contribution in [3.8, 4) is 0 Å². The van der Waals surface area contributed by atoms with Crippen molar-refractivity contribution in [2.45, 2.75) is 71.0 Å². The Bertz CT molecular complexity index is 219. The van der Waals surface area contributed by atoms with Gasteiger partial charge < -0.3 is 9.84 Å². The van der Waals surface area contributed by atoms with Gasteiger partial charge in [0.2, 0.25) is 0 Å². The lowest BCUT2D eigenvalue weighted by molar-refractivity contribution is -0.0937. The fraction of sp³-hybridized carbons (Fsp3) is 1.00. The van der Waals surface area contributed by atoms with Gasteiger partial charge in [-0.3, -0.25) is 0 Å². The monoisotopic (exact) mass is 226 g/mol. The Morgan fingerprint density at radius 3 is 2.56 bits per heavy atom. The van der Waals surface area contributed by atoms with Crippen LogP contribution >= 0.6 is 0 Å². The Morgan fingerprint density at radius 1 is 1.19 bits per heavy atom. The molecular weight excluding hydrogens is 200 g/mol. The summed E-state index contributed by atoms with van der Waals surface area (Å²) in [5, 5.41) is 9.95. The van der Waals surface area contributed by atoms with Crippen LogP contribution in [0.3, 0.4) is 0 Å². The van der Waals surface area contributed by atoms with E-state index in [2.05, 4.69) is 13.8 Å². The summed E-state index contributed by atoms with van der Waals surface area (Å²) in [5.41, 5.74) is 0.347. The lowest BCUT2D eigenvalue weighted by atomic mass is 9.75. The zero-order valence-electron chi connectivity index (χ0n) is 10.7. The molecule has 0 aromatic carbocycles. The highest BCUT2D eigenvalue weighted by Gasteiger charge is 2.34. The number of ether oxygens (including phenoxy) is 1. The molecular formula is C14H26O2. The molecule has 2 saturated carbocycles. The van der Waals surface area contributed by atoms with Crippen molar-refractivity contribution in [1.82, 2.24) is 0 Å². The van der Waals surface area contributed by atoms with E-state index in [4.69, 9.17) is 4.74 Å². The molecule has 1 N–H and O–H groups in total. The van der Waals surface area contributed by atoms with E-state index in [1.54, 1.807) is 0 Å². The average molecular weight is 226 g/mol. The number of hydrogen-bond donors (Lipinski definition) is 1. The molecule has 2 fully saturated rings. The summed E-state index contributed by atoms with van der Waals surface area (Å²) < 4.78 is 5.96. The molecule has 0 aromatic heterocycles. The fourth-order valence-corrected chi connectivity index (χ4v) is 3.11. The SMILES string of the molecule is CC1(C)CCC(O)C(OCC2CCCC2)C1. The second kappa shape index (κ2) is 5.05. The molecule has 2 heteroatoms. The van der Waals surface area contributed by atoms with Gasteiger partial charge in [-0.1, -0.05) is 26.7 Å². The second-order valence-corrected chi connectivity index (χ2v) is 6.50. The summed E-state index contributed by atoms with van der Waals surface area (Å²) in [6.07, 6.45) is 8.29. The third kappa shape index (κ3) is 3.21. The normalized spacial score (nSPS) is 35.4. The Balaban J connectivity index is 1.78. The summed E-state index contributed by atoms with van der Waals surface area (Å²) in [4.78, 5) is 0. The molecule has 2 unspecified atom stereocenters. The molecule has 2 atom stereocenters. The first kappa shape index (κ1) is 12.4. The first-order valence-electron chi connectivity index (χ1n) is 6.86. The molecule has 0 aromatic rings. The van der Waals surface area contributed by atoms with Crippen LogP contribution in [0.25, 0.3) is 0 Å². The van der Waals surface area contributed by atoms with Crippen LogP contribution < -0.4 is 0 Å². The summed E-state index contributed by atoms with van der Waals surface area (Å²) in [6.45, 7) is 5.44. The minimum absolute atomic E-state index is 0.0874. The van der Waals surface area contributed by atoms with E-state index >= 15 is 0 Å². The maximum Gasteiger partial charge on any atom is 0.0839 e.